The predicted molar refractivity (Wildman–Crippen MR) is 128 cm³/mol. The van der Waals surface area contributed by atoms with Crippen molar-refractivity contribution in [3.63, 3.8) is 0 Å². The summed E-state index contributed by atoms with van der Waals surface area (Å²) in [6.45, 7) is 10.3. The van der Waals surface area contributed by atoms with Gasteiger partial charge in [-0.1, -0.05) is 70.5 Å². The van der Waals surface area contributed by atoms with Crippen molar-refractivity contribution in [2.45, 2.75) is 52.9 Å². The van der Waals surface area contributed by atoms with Gasteiger partial charge in [-0.3, -0.25) is 0 Å². The van der Waals surface area contributed by atoms with Crippen LogP contribution in [0.2, 0.25) is 0 Å². The van der Waals surface area contributed by atoms with Gasteiger partial charge in [-0.25, -0.2) is 9.97 Å². The summed E-state index contributed by atoms with van der Waals surface area (Å²) in [7, 11) is 0. The quantitative estimate of drug-likeness (QED) is 0.462. The molecule has 31 heavy (non-hydrogen) atoms. The summed E-state index contributed by atoms with van der Waals surface area (Å²) in [6, 6.07) is 21.0. The number of para-hydroxylation sites is 2. The van der Waals surface area contributed by atoms with Crippen LogP contribution in [0.4, 0.5) is 23.0 Å². The fourth-order valence-electron chi connectivity index (χ4n) is 5.94. The molecule has 0 saturated heterocycles. The molecule has 2 aliphatic rings. The van der Waals surface area contributed by atoms with Crippen molar-refractivity contribution >= 4 is 23.0 Å². The van der Waals surface area contributed by atoms with Gasteiger partial charge in [-0.15, -0.1) is 0 Å². The van der Waals surface area contributed by atoms with E-state index in [9.17, 15) is 0 Å². The third kappa shape index (κ3) is 3.48. The molecular weight excluding hydrogens is 380 g/mol. The minimum atomic E-state index is 0.208. The summed E-state index contributed by atoms with van der Waals surface area (Å²) < 4.78 is 0. The van der Waals surface area contributed by atoms with Crippen molar-refractivity contribution < 1.29 is 0 Å². The molecule has 0 N–H and O–H groups in total. The Morgan fingerprint density at radius 1 is 0.742 bits per heavy atom. The van der Waals surface area contributed by atoms with E-state index in [-0.39, 0.29) is 10.8 Å². The van der Waals surface area contributed by atoms with Crippen LogP contribution in [0.5, 0.6) is 0 Å². The first kappa shape index (κ1) is 20.0. The lowest BCUT2D eigenvalue weighted by molar-refractivity contribution is 0.0698. The third-order valence-electron chi connectivity index (χ3n) is 7.18. The summed E-state index contributed by atoms with van der Waals surface area (Å²) in [6.07, 6.45) is 5.80. The number of rotatable bonds is 3. The van der Waals surface area contributed by atoms with Crippen LogP contribution in [0.3, 0.4) is 0 Å². The molecule has 4 heteroatoms. The molecule has 1 aromatic heterocycles. The molecule has 1 fully saturated rings. The number of hydrogen-bond acceptors (Lipinski definition) is 4. The first-order chi connectivity index (χ1) is 14.9. The van der Waals surface area contributed by atoms with E-state index in [0.29, 0.717) is 12.6 Å². The van der Waals surface area contributed by atoms with E-state index >= 15 is 0 Å². The van der Waals surface area contributed by atoms with Crippen LogP contribution in [0.1, 0.15) is 58.6 Å². The van der Waals surface area contributed by atoms with Gasteiger partial charge in [0, 0.05) is 17.3 Å². The third-order valence-corrected chi connectivity index (χ3v) is 7.18. The van der Waals surface area contributed by atoms with E-state index in [0.717, 1.165) is 28.7 Å². The lowest BCUT2D eigenvalue weighted by Gasteiger charge is -2.49. The van der Waals surface area contributed by atoms with Crippen molar-refractivity contribution in [1.82, 2.24) is 9.97 Å². The van der Waals surface area contributed by atoms with E-state index in [1.165, 1.54) is 19.3 Å². The van der Waals surface area contributed by atoms with Crippen molar-refractivity contribution in [2.75, 3.05) is 16.5 Å². The van der Waals surface area contributed by atoms with Gasteiger partial charge < -0.3 is 9.80 Å². The zero-order valence-corrected chi connectivity index (χ0v) is 19.0. The number of benzene rings is 2. The minimum absolute atomic E-state index is 0.208. The molecular formula is C27H32N4. The zero-order valence-electron chi connectivity index (χ0n) is 19.0. The molecule has 0 radical (unpaired) electrons. The molecule has 1 aliphatic carbocycles. The largest absolute Gasteiger partial charge is 0.305 e. The molecule has 1 aliphatic heterocycles. The molecule has 2 aromatic carbocycles. The van der Waals surface area contributed by atoms with Crippen LogP contribution in [0, 0.1) is 10.8 Å². The van der Waals surface area contributed by atoms with Crippen LogP contribution >= 0.6 is 0 Å². The highest BCUT2D eigenvalue weighted by molar-refractivity contribution is 5.81. The highest BCUT2D eigenvalue weighted by Gasteiger charge is 2.46. The van der Waals surface area contributed by atoms with Crippen LogP contribution in [-0.4, -0.2) is 16.6 Å². The Morgan fingerprint density at radius 2 is 1.26 bits per heavy atom. The second kappa shape index (κ2) is 7.37. The first-order valence-corrected chi connectivity index (χ1v) is 11.4. The van der Waals surface area contributed by atoms with Crippen LogP contribution in [-0.2, 0) is 0 Å². The highest BCUT2D eigenvalue weighted by Crippen LogP contribution is 2.56. The summed E-state index contributed by atoms with van der Waals surface area (Å²) >= 11 is 0. The van der Waals surface area contributed by atoms with Crippen molar-refractivity contribution in [3.8, 4) is 0 Å². The average Bonchev–Trinajstić information content (AvgIpc) is 3.13. The SMILES string of the molecule is CC1(C)CCCC(C)(C)C1c1cnc2c(n1)N(c1ccccc1)CN2c1ccccc1. The van der Waals surface area contributed by atoms with Crippen molar-refractivity contribution in [1.29, 1.82) is 0 Å². The summed E-state index contributed by atoms with van der Waals surface area (Å²) in [5.41, 5.74) is 3.84. The molecule has 0 unspecified atom stereocenters. The topological polar surface area (TPSA) is 32.3 Å². The van der Waals surface area contributed by atoms with Gasteiger partial charge in [0.25, 0.3) is 0 Å². The van der Waals surface area contributed by atoms with Gasteiger partial charge in [-0.05, 0) is 47.9 Å². The van der Waals surface area contributed by atoms with Crippen LogP contribution in [0.15, 0.2) is 66.9 Å². The van der Waals surface area contributed by atoms with E-state index in [1.54, 1.807) is 0 Å². The van der Waals surface area contributed by atoms with Gasteiger partial charge in [0.1, 0.15) is 6.67 Å². The Morgan fingerprint density at radius 3 is 1.81 bits per heavy atom. The number of anilines is 4. The molecule has 2 heterocycles. The second-order valence-electron chi connectivity index (χ2n) is 10.4. The monoisotopic (exact) mass is 412 g/mol. The number of fused-ring (bicyclic) bond motifs is 1. The molecule has 1 saturated carbocycles. The van der Waals surface area contributed by atoms with E-state index in [2.05, 4.69) is 98.2 Å². The van der Waals surface area contributed by atoms with Gasteiger partial charge in [0.05, 0.1) is 11.9 Å². The smallest absolute Gasteiger partial charge is 0.178 e. The van der Waals surface area contributed by atoms with E-state index < -0.39 is 0 Å². The molecule has 3 aromatic rings. The molecule has 0 atom stereocenters. The Kier molecular flexibility index (Phi) is 4.76. The van der Waals surface area contributed by atoms with Gasteiger partial charge >= 0.3 is 0 Å². The fraction of sp³-hybridized carbons (Fsp3) is 0.407. The first-order valence-electron chi connectivity index (χ1n) is 11.4. The molecule has 5 rings (SSSR count). The molecule has 0 amide bonds. The predicted octanol–water partition coefficient (Wildman–Crippen LogP) is 7.04. The maximum absolute atomic E-state index is 5.32. The lowest BCUT2D eigenvalue weighted by atomic mass is 9.56. The number of hydrogen-bond donors (Lipinski definition) is 0. The Balaban J connectivity index is 1.63. The van der Waals surface area contributed by atoms with Gasteiger partial charge in [0.2, 0.25) is 0 Å². The van der Waals surface area contributed by atoms with E-state index in [1.807, 2.05) is 6.20 Å². The Hall–Kier alpha value is -2.88. The molecule has 160 valence electrons. The van der Waals surface area contributed by atoms with Crippen LogP contribution < -0.4 is 9.80 Å². The molecule has 4 nitrogen and oxygen atoms in total. The standard InChI is InChI=1S/C27H32N4/c1-26(2)16-11-17-27(3,4)23(26)22-18-28-24-25(29-22)31(21-14-9-6-10-15-21)19-30(24)20-12-7-5-8-13-20/h5-10,12-15,18,23H,11,16-17,19H2,1-4H3. The Bertz CT molecular complexity index is 1040. The summed E-state index contributed by atoms with van der Waals surface area (Å²) in [5, 5.41) is 0. The fourth-order valence-corrected chi connectivity index (χ4v) is 5.94. The van der Waals surface area contributed by atoms with Crippen molar-refractivity contribution in [2.24, 2.45) is 10.8 Å². The maximum Gasteiger partial charge on any atom is 0.178 e. The summed E-state index contributed by atoms with van der Waals surface area (Å²) in [4.78, 5) is 14.9. The van der Waals surface area contributed by atoms with Gasteiger partial charge in [0.15, 0.2) is 11.6 Å². The molecule has 0 bridgehead atoms. The Labute approximate surface area is 186 Å². The number of aromatic nitrogens is 2. The lowest BCUT2D eigenvalue weighted by Crippen LogP contribution is -2.39. The summed E-state index contributed by atoms with van der Waals surface area (Å²) in [5.74, 6) is 2.28. The zero-order chi connectivity index (χ0) is 21.6. The highest BCUT2D eigenvalue weighted by atomic mass is 15.4. The van der Waals surface area contributed by atoms with Crippen LogP contribution in [0.25, 0.3) is 0 Å². The molecule has 0 spiro atoms. The normalized spacial score (nSPS) is 20.0. The van der Waals surface area contributed by atoms with Crippen molar-refractivity contribution in [3.05, 3.63) is 72.6 Å². The minimum Gasteiger partial charge on any atom is -0.305 e. The van der Waals surface area contributed by atoms with Gasteiger partial charge in [-0.2, -0.15) is 0 Å². The van der Waals surface area contributed by atoms with E-state index in [4.69, 9.17) is 9.97 Å². The number of nitrogens with zero attached hydrogens (tertiary/aromatic N) is 4. The maximum atomic E-state index is 5.32. The second-order valence-corrected chi connectivity index (χ2v) is 10.4. The average molecular weight is 413 g/mol.